The van der Waals surface area contributed by atoms with Crippen LogP contribution in [0, 0.1) is 11.7 Å². The molecule has 3 N–H and O–H groups in total. The van der Waals surface area contributed by atoms with Gasteiger partial charge >= 0.3 is 6.03 Å². The van der Waals surface area contributed by atoms with E-state index in [2.05, 4.69) is 16.0 Å². The molecule has 32 heavy (non-hydrogen) atoms. The Morgan fingerprint density at radius 3 is 2.62 bits per heavy atom. The molecule has 1 aromatic carbocycles. The predicted octanol–water partition coefficient (Wildman–Crippen LogP) is 1.92. The van der Waals surface area contributed by atoms with Crippen LogP contribution in [-0.4, -0.2) is 59.0 Å². The largest absolute Gasteiger partial charge is 0.351 e. The number of amides is 4. The van der Waals surface area contributed by atoms with Gasteiger partial charge in [0.1, 0.15) is 5.82 Å². The molecule has 2 aliphatic rings. The maximum absolute atomic E-state index is 13.0. The number of nitrogens with one attached hydrogen (secondary N) is 3. The molecule has 4 amide bonds. The van der Waals surface area contributed by atoms with Gasteiger partial charge in [-0.3, -0.25) is 25.1 Å². The number of nitrogens with zero attached hydrogens (tertiary/aromatic N) is 2. The van der Waals surface area contributed by atoms with E-state index >= 15 is 0 Å². The highest BCUT2D eigenvalue weighted by molar-refractivity contribution is 8.00. The molecule has 4 unspecified atom stereocenters. The summed E-state index contributed by atoms with van der Waals surface area (Å²) in [5, 5.41) is 11.2. The first-order valence-electron chi connectivity index (χ1n) is 10.1. The van der Waals surface area contributed by atoms with E-state index in [0.717, 1.165) is 15.3 Å². The van der Waals surface area contributed by atoms with Crippen LogP contribution in [0.2, 0.25) is 0 Å². The van der Waals surface area contributed by atoms with Gasteiger partial charge < -0.3 is 10.2 Å². The minimum Gasteiger partial charge on any atom is -0.351 e. The topological polar surface area (TPSA) is 93.8 Å². The summed E-state index contributed by atoms with van der Waals surface area (Å²) in [4.78, 5) is 41.6. The van der Waals surface area contributed by atoms with Gasteiger partial charge in [-0.1, -0.05) is 18.2 Å². The number of halogens is 1. The van der Waals surface area contributed by atoms with Crippen LogP contribution in [0.4, 0.5) is 9.18 Å². The maximum Gasteiger partial charge on any atom is 0.327 e. The van der Waals surface area contributed by atoms with Crippen LogP contribution >= 0.6 is 23.1 Å². The van der Waals surface area contributed by atoms with Crippen molar-refractivity contribution in [1.82, 2.24) is 25.8 Å². The van der Waals surface area contributed by atoms with Crippen molar-refractivity contribution in [2.75, 3.05) is 19.8 Å². The zero-order valence-electron chi connectivity index (χ0n) is 17.6. The Hall–Kier alpha value is -2.47. The third kappa shape index (κ3) is 4.65. The quantitative estimate of drug-likeness (QED) is 0.589. The third-order valence-electron chi connectivity index (χ3n) is 5.58. The zero-order chi connectivity index (χ0) is 22.8. The van der Waals surface area contributed by atoms with E-state index in [0.29, 0.717) is 6.54 Å². The normalized spacial score (nSPS) is 25.6. The van der Waals surface area contributed by atoms with E-state index in [-0.39, 0.29) is 41.0 Å². The number of thiophene rings is 1. The van der Waals surface area contributed by atoms with E-state index in [4.69, 9.17) is 0 Å². The smallest absolute Gasteiger partial charge is 0.327 e. The highest BCUT2D eigenvalue weighted by Gasteiger charge is 2.51. The number of fused-ring (bicyclic) bond motifs is 1. The molecule has 4 atom stereocenters. The monoisotopic (exact) mass is 477 g/mol. The van der Waals surface area contributed by atoms with E-state index in [9.17, 15) is 18.8 Å². The fraction of sp³-hybridized carbons (Fsp3) is 0.381. The number of thioether (sulfide) groups is 1. The molecular formula is C21H24FN5O3S2. The van der Waals surface area contributed by atoms with Gasteiger partial charge in [-0.2, -0.15) is 0 Å². The van der Waals surface area contributed by atoms with Crippen LogP contribution in [0.15, 0.2) is 41.8 Å². The number of carbonyl (C=O) groups excluding carboxylic acids is 3. The first-order chi connectivity index (χ1) is 15.3. The molecule has 1 aromatic heterocycles. The lowest BCUT2D eigenvalue weighted by atomic mass is 9.97. The second-order valence-corrected chi connectivity index (χ2v) is 9.79. The first-order valence-corrected chi connectivity index (χ1v) is 12.0. The van der Waals surface area contributed by atoms with Gasteiger partial charge in [0, 0.05) is 25.5 Å². The van der Waals surface area contributed by atoms with Gasteiger partial charge in [-0.15, -0.1) is 23.1 Å². The molecule has 4 rings (SSSR count). The molecule has 3 heterocycles. The van der Waals surface area contributed by atoms with Crippen molar-refractivity contribution < 1.29 is 18.8 Å². The molecule has 170 valence electrons. The Morgan fingerprint density at radius 2 is 1.94 bits per heavy atom. The number of rotatable bonds is 6. The molecule has 2 fully saturated rings. The molecule has 2 aromatic rings. The minimum atomic E-state index is -0.547. The van der Waals surface area contributed by atoms with Crippen LogP contribution in [0.5, 0.6) is 0 Å². The minimum absolute atomic E-state index is 0.133. The van der Waals surface area contributed by atoms with Gasteiger partial charge in [0.25, 0.3) is 0 Å². The Labute approximate surface area is 193 Å². The lowest BCUT2D eigenvalue weighted by molar-refractivity contribution is -0.140. The summed E-state index contributed by atoms with van der Waals surface area (Å²) in [6.07, 6.45) is -0.734. The molecule has 0 spiro atoms. The Bertz CT molecular complexity index is 988. The van der Waals surface area contributed by atoms with Crippen LogP contribution in [-0.2, 0) is 16.1 Å². The zero-order valence-corrected chi connectivity index (χ0v) is 19.2. The molecule has 11 heteroatoms. The molecule has 2 saturated heterocycles. The summed E-state index contributed by atoms with van der Waals surface area (Å²) in [6.45, 7) is 0.294. The summed E-state index contributed by atoms with van der Waals surface area (Å²) in [6, 6.07) is 9.50. The van der Waals surface area contributed by atoms with Crippen LogP contribution in [0.25, 0.3) is 0 Å². The second-order valence-electron chi connectivity index (χ2n) is 7.68. The highest BCUT2D eigenvalue weighted by atomic mass is 32.2. The van der Waals surface area contributed by atoms with Gasteiger partial charge in [0.2, 0.25) is 11.8 Å². The number of benzene rings is 1. The number of carbonyl (C=O) groups is 3. The van der Waals surface area contributed by atoms with Crippen molar-refractivity contribution in [2.45, 2.75) is 24.3 Å². The third-order valence-corrected chi connectivity index (χ3v) is 7.74. The number of urea groups is 1. The summed E-state index contributed by atoms with van der Waals surface area (Å²) in [7, 11) is 3.14. The predicted molar refractivity (Wildman–Crippen MR) is 121 cm³/mol. The van der Waals surface area contributed by atoms with E-state index in [1.807, 2.05) is 17.5 Å². The standard InChI is InChI=1S/C21H24FN5O3S2/c1-26-18-16(20(29)27(2)21(26)30)19(25-17(24-18)14-4-3-9-31-14)32-11-15(28)23-10-12-5-7-13(22)8-6-12/h3-9,16-19,24-25H,10-11H2,1-2H3,(H,23,28). The van der Waals surface area contributed by atoms with Crippen molar-refractivity contribution >= 4 is 40.9 Å². The summed E-state index contributed by atoms with van der Waals surface area (Å²) < 4.78 is 13.0. The molecular weight excluding hydrogens is 453 g/mol. The molecule has 2 aliphatic heterocycles. The Morgan fingerprint density at radius 1 is 1.19 bits per heavy atom. The average molecular weight is 478 g/mol. The number of hydrogen-bond acceptors (Lipinski definition) is 7. The SMILES string of the molecule is CN1C(=O)C2C(SCC(=O)NCc3ccc(F)cc3)NC(c3cccs3)NC2N(C)C1=O. The van der Waals surface area contributed by atoms with Crippen molar-refractivity contribution in [3.8, 4) is 0 Å². The second kappa shape index (κ2) is 9.57. The van der Waals surface area contributed by atoms with Crippen LogP contribution in [0.3, 0.4) is 0 Å². The molecule has 0 radical (unpaired) electrons. The van der Waals surface area contributed by atoms with Crippen molar-refractivity contribution in [3.05, 3.63) is 58.0 Å². The number of imide groups is 1. The van der Waals surface area contributed by atoms with Crippen LogP contribution in [0.1, 0.15) is 16.6 Å². The van der Waals surface area contributed by atoms with E-state index in [1.54, 1.807) is 30.5 Å². The molecule has 8 nitrogen and oxygen atoms in total. The number of hydrogen-bond donors (Lipinski definition) is 3. The van der Waals surface area contributed by atoms with Crippen molar-refractivity contribution in [3.63, 3.8) is 0 Å². The Balaban J connectivity index is 1.44. The fourth-order valence-electron chi connectivity index (χ4n) is 3.84. The fourth-order valence-corrected chi connectivity index (χ4v) is 5.72. The molecule has 0 bridgehead atoms. The highest BCUT2D eigenvalue weighted by Crippen LogP contribution is 2.35. The average Bonchev–Trinajstić information content (AvgIpc) is 3.34. The Kier molecular flexibility index (Phi) is 6.79. The van der Waals surface area contributed by atoms with Gasteiger partial charge in [-0.25, -0.2) is 9.18 Å². The van der Waals surface area contributed by atoms with Crippen molar-refractivity contribution in [2.24, 2.45) is 5.92 Å². The lowest BCUT2D eigenvalue weighted by Gasteiger charge is -2.50. The molecule has 0 aliphatic carbocycles. The van der Waals surface area contributed by atoms with Gasteiger partial charge in [0.05, 0.1) is 29.4 Å². The van der Waals surface area contributed by atoms with E-state index < -0.39 is 12.1 Å². The van der Waals surface area contributed by atoms with Gasteiger partial charge in [0.15, 0.2) is 0 Å². The van der Waals surface area contributed by atoms with Crippen molar-refractivity contribution in [1.29, 1.82) is 0 Å². The summed E-state index contributed by atoms with van der Waals surface area (Å²) >= 11 is 2.90. The van der Waals surface area contributed by atoms with E-state index in [1.165, 1.54) is 35.8 Å². The van der Waals surface area contributed by atoms with Gasteiger partial charge in [-0.05, 0) is 29.1 Å². The summed E-state index contributed by atoms with van der Waals surface area (Å²) in [5.41, 5.74) is 0.798. The summed E-state index contributed by atoms with van der Waals surface area (Å²) in [5.74, 6) is -1.22. The molecule has 0 saturated carbocycles. The first kappa shape index (κ1) is 22.7. The lowest BCUT2D eigenvalue weighted by Crippen LogP contribution is -2.72. The maximum atomic E-state index is 13.0. The van der Waals surface area contributed by atoms with Crippen LogP contribution < -0.4 is 16.0 Å².